The molecule has 0 saturated carbocycles. The third-order valence-electron chi connectivity index (χ3n) is 5.86. The first-order valence-electron chi connectivity index (χ1n) is 12.1. The zero-order valence-corrected chi connectivity index (χ0v) is 20.8. The standard InChI is InChI=1S/C30H27N4O3/c1-3-33-17-5-7-25(20-33)30(37)31-26-15-13-23(14-16-26)28(35)19-22-9-11-24(12-10-22)29(36)32-27-8-6-18-34(4-2)21-27/h5-21H,3-4H2,1-2H3/p+2. The highest BCUT2D eigenvalue weighted by molar-refractivity contribution is 6.07. The van der Waals surface area contributed by atoms with Crippen LogP contribution in [0.5, 0.6) is 0 Å². The summed E-state index contributed by atoms with van der Waals surface area (Å²) in [5.74, 6) is -0.603. The second-order valence-corrected chi connectivity index (χ2v) is 8.46. The number of carbonyl (C=O) groups excluding carboxylic acids is 3. The maximum absolute atomic E-state index is 12.7. The van der Waals surface area contributed by atoms with E-state index < -0.39 is 0 Å². The lowest BCUT2D eigenvalue weighted by Crippen LogP contribution is -2.32. The van der Waals surface area contributed by atoms with Crippen molar-refractivity contribution in [3.63, 3.8) is 0 Å². The summed E-state index contributed by atoms with van der Waals surface area (Å²) >= 11 is 0. The van der Waals surface area contributed by atoms with Crippen LogP contribution >= 0.6 is 0 Å². The summed E-state index contributed by atoms with van der Waals surface area (Å²) in [4.78, 5) is 37.8. The molecule has 2 aromatic carbocycles. The average molecular weight is 494 g/mol. The van der Waals surface area contributed by atoms with E-state index in [9.17, 15) is 14.4 Å². The predicted molar refractivity (Wildman–Crippen MR) is 141 cm³/mol. The van der Waals surface area contributed by atoms with Gasteiger partial charge in [-0.15, -0.1) is 0 Å². The number of hydrogen-bond acceptors (Lipinski definition) is 3. The van der Waals surface area contributed by atoms with E-state index >= 15 is 0 Å². The highest BCUT2D eigenvalue weighted by atomic mass is 16.2. The first kappa shape index (κ1) is 25.4. The van der Waals surface area contributed by atoms with E-state index in [1.807, 2.05) is 59.8 Å². The van der Waals surface area contributed by atoms with Gasteiger partial charge in [0.2, 0.25) is 0 Å². The Bertz CT molecular complexity index is 1410. The molecule has 185 valence electrons. The van der Waals surface area contributed by atoms with E-state index in [1.54, 1.807) is 60.8 Å². The number of aromatic nitrogens is 2. The van der Waals surface area contributed by atoms with Crippen LogP contribution in [0, 0.1) is 6.42 Å². The second kappa shape index (κ2) is 11.9. The number of amides is 2. The number of Topliss-reactive ketones (excluding diaryl/α,β-unsaturated/α-hetero) is 1. The van der Waals surface area contributed by atoms with Gasteiger partial charge >= 0.3 is 0 Å². The Balaban J connectivity index is 1.33. The van der Waals surface area contributed by atoms with Gasteiger partial charge < -0.3 is 10.6 Å². The van der Waals surface area contributed by atoms with E-state index in [0.717, 1.165) is 13.1 Å². The molecule has 0 saturated heterocycles. The molecule has 0 spiro atoms. The van der Waals surface area contributed by atoms with Crippen LogP contribution in [0.25, 0.3) is 0 Å². The molecule has 37 heavy (non-hydrogen) atoms. The van der Waals surface area contributed by atoms with Crippen molar-refractivity contribution in [2.45, 2.75) is 26.9 Å². The molecule has 0 aliphatic rings. The van der Waals surface area contributed by atoms with Crippen LogP contribution in [0.3, 0.4) is 0 Å². The summed E-state index contributed by atoms with van der Waals surface area (Å²) in [6.45, 7) is 5.62. The van der Waals surface area contributed by atoms with Crippen LogP contribution in [0.2, 0.25) is 0 Å². The summed E-state index contributed by atoms with van der Waals surface area (Å²) < 4.78 is 3.90. The minimum atomic E-state index is -0.218. The lowest BCUT2D eigenvalue weighted by Gasteiger charge is -2.07. The van der Waals surface area contributed by atoms with Crippen LogP contribution < -0.4 is 19.8 Å². The quantitative estimate of drug-likeness (QED) is 0.270. The number of aryl methyl sites for hydroxylation is 2. The normalized spacial score (nSPS) is 10.5. The van der Waals surface area contributed by atoms with Crippen molar-refractivity contribution in [3.8, 4) is 0 Å². The zero-order chi connectivity index (χ0) is 26.2. The van der Waals surface area contributed by atoms with E-state index in [4.69, 9.17) is 0 Å². The lowest BCUT2D eigenvalue weighted by molar-refractivity contribution is -0.693. The van der Waals surface area contributed by atoms with Gasteiger partial charge in [0, 0.05) is 28.9 Å². The fraction of sp³-hybridized carbons (Fsp3) is 0.133. The summed E-state index contributed by atoms with van der Waals surface area (Å²) in [5.41, 5.74) is 3.56. The first-order valence-corrected chi connectivity index (χ1v) is 12.1. The van der Waals surface area contributed by atoms with Gasteiger partial charge in [0.15, 0.2) is 30.6 Å². The van der Waals surface area contributed by atoms with Crippen LogP contribution in [0.4, 0.5) is 11.4 Å². The molecule has 4 aromatic rings. The molecule has 2 aromatic heterocycles. The maximum Gasteiger partial charge on any atom is 0.261 e. The summed E-state index contributed by atoms with van der Waals surface area (Å²) in [6, 6.07) is 20.9. The molecule has 1 radical (unpaired) electrons. The summed E-state index contributed by atoms with van der Waals surface area (Å²) in [6.07, 6.45) is 9.02. The van der Waals surface area contributed by atoms with Crippen molar-refractivity contribution >= 4 is 29.0 Å². The largest absolute Gasteiger partial charge is 0.322 e. The average Bonchev–Trinajstić information content (AvgIpc) is 2.94. The number of hydrogen-bond donors (Lipinski definition) is 2. The van der Waals surface area contributed by atoms with Gasteiger partial charge in [-0.25, -0.2) is 9.13 Å². The smallest absolute Gasteiger partial charge is 0.261 e. The number of nitrogens with one attached hydrogen (secondary N) is 2. The Labute approximate surface area is 216 Å². The SMILES string of the molecule is CC[n+]1cccc(NC(=O)c2ccc([CH]C(=O)c3ccc(NC(=O)c4ccc[n+](CC)c4)cc3)cc2)c1. The highest BCUT2D eigenvalue weighted by Crippen LogP contribution is 2.16. The van der Waals surface area contributed by atoms with Crippen molar-refractivity contribution in [1.82, 2.24) is 0 Å². The van der Waals surface area contributed by atoms with E-state index in [1.165, 1.54) is 6.42 Å². The molecule has 0 unspecified atom stereocenters. The Morgan fingerprint density at radius 3 is 1.89 bits per heavy atom. The molecule has 2 heterocycles. The zero-order valence-electron chi connectivity index (χ0n) is 20.8. The van der Waals surface area contributed by atoms with Crippen LogP contribution in [-0.2, 0) is 13.1 Å². The Morgan fingerprint density at radius 1 is 0.649 bits per heavy atom. The minimum absolute atomic E-state index is 0.171. The Kier molecular flexibility index (Phi) is 8.15. The fourth-order valence-corrected chi connectivity index (χ4v) is 3.74. The third kappa shape index (κ3) is 6.73. The van der Waals surface area contributed by atoms with Crippen LogP contribution in [-0.4, -0.2) is 17.6 Å². The second-order valence-electron chi connectivity index (χ2n) is 8.46. The van der Waals surface area contributed by atoms with Gasteiger partial charge in [0.05, 0.1) is 6.42 Å². The van der Waals surface area contributed by atoms with Gasteiger partial charge in [0.1, 0.15) is 24.3 Å². The number of anilines is 2. The van der Waals surface area contributed by atoms with Gasteiger partial charge in [-0.1, -0.05) is 12.1 Å². The molecule has 7 heteroatoms. The molecule has 0 bridgehead atoms. The molecule has 0 aliphatic carbocycles. The number of benzene rings is 2. The number of ketones is 1. The maximum atomic E-state index is 12.7. The van der Waals surface area contributed by atoms with E-state index in [2.05, 4.69) is 10.6 Å². The Hall–Kier alpha value is -4.65. The van der Waals surface area contributed by atoms with Crippen molar-refractivity contribution < 1.29 is 23.5 Å². The molecule has 7 nitrogen and oxygen atoms in total. The third-order valence-corrected chi connectivity index (χ3v) is 5.86. The number of pyridine rings is 2. The molecule has 2 N–H and O–H groups in total. The molecular formula is C30H29N4O3+2. The lowest BCUT2D eigenvalue weighted by atomic mass is 10.0. The van der Waals surface area contributed by atoms with Crippen molar-refractivity contribution in [1.29, 1.82) is 0 Å². The van der Waals surface area contributed by atoms with Crippen LogP contribution in [0.1, 0.15) is 50.5 Å². The predicted octanol–water partition coefficient (Wildman–Crippen LogP) is 4.24. The molecular weight excluding hydrogens is 464 g/mol. The van der Waals surface area contributed by atoms with E-state index in [-0.39, 0.29) is 17.6 Å². The molecule has 2 amide bonds. The summed E-state index contributed by atoms with van der Waals surface area (Å²) in [7, 11) is 0. The van der Waals surface area contributed by atoms with Gasteiger partial charge in [-0.2, -0.15) is 0 Å². The van der Waals surface area contributed by atoms with Gasteiger partial charge in [-0.05, 0) is 67.9 Å². The topological polar surface area (TPSA) is 83.0 Å². The van der Waals surface area contributed by atoms with Crippen molar-refractivity contribution in [3.05, 3.63) is 126 Å². The van der Waals surface area contributed by atoms with Crippen molar-refractivity contribution in [2.75, 3.05) is 10.6 Å². The number of nitrogens with zero attached hydrogens (tertiary/aromatic N) is 2. The first-order chi connectivity index (χ1) is 17.9. The molecule has 0 fully saturated rings. The fourth-order valence-electron chi connectivity index (χ4n) is 3.74. The van der Waals surface area contributed by atoms with Gasteiger partial charge in [-0.3, -0.25) is 14.4 Å². The van der Waals surface area contributed by atoms with Crippen molar-refractivity contribution in [2.24, 2.45) is 0 Å². The highest BCUT2D eigenvalue weighted by Gasteiger charge is 2.13. The number of carbonyl (C=O) groups is 3. The molecule has 0 atom stereocenters. The minimum Gasteiger partial charge on any atom is -0.322 e. The number of rotatable bonds is 9. The Morgan fingerprint density at radius 2 is 1.22 bits per heavy atom. The monoisotopic (exact) mass is 493 g/mol. The van der Waals surface area contributed by atoms with Crippen LogP contribution in [0.15, 0.2) is 97.6 Å². The van der Waals surface area contributed by atoms with E-state index in [0.29, 0.717) is 33.6 Å². The van der Waals surface area contributed by atoms with Gasteiger partial charge in [0.25, 0.3) is 11.8 Å². The molecule has 4 rings (SSSR count). The molecule has 0 aliphatic heterocycles. The summed E-state index contributed by atoms with van der Waals surface area (Å²) in [5, 5.41) is 5.74.